The van der Waals surface area contributed by atoms with Crippen LogP contribution in [-0.4, -0.2) is 42.8 Å². The highest BCUT2D eigenvalue weighted by atomic mass is 31.2. The van der Waals surface area contributed by atoms with Gasteiger partial charge in [-0.25, -0.2) is 4.57 Å². The van der Waals surface area contributed by atoms with Gasteiger partial charge in [0.25, 0.3) is 0 Å². The number of carbonyl (C=O) groups excluding carboxylic acids is 2. The number of hydrogen-bond acceptors (Lipinski definition) is 7. The summed E-state index contributed by atoms with van der Waals surface area (Å²) in [5.41, 5.74) is 0. The molecule has 0 saturated carbocycles. The average molecular weight is 855 g/mol. The molecule has 59 heavy (non-hydrogen) atoms. The number of phosphoric ester groups is 1. The van der Waals surface area contributed by atoms with Gasteiger partial charge in [0.2, 0.25) is 0 Å². The molecule has 0 rings (SSSR count). The summed E-state index contributed by atoms with van der Waals surface area (Å²) >= 11 is 0. The topological polar surface area (TPSA) is 108 Å². The molecule has 8 nitrogen and oxygen atoms in total. The van der Waals surface area contributed by atoms with E-state index in [1.165, 1.54) is 167 Å². The minimum atomic E-state index is -4.28. The molecule has 0 fully saturated rings. The zero-order valence-corrected chi connectivity index (χ0v) is 39.8. The number of ether oxygens (including phenoxy) is 2. The van der Waals surface area contributed by atoms with Crippen LogP contribution in [0.1, 0.15) is 258 Å². The van der Waals surface area contributed by atoms with E-state index in [1.807, 2.05) is 0 Å². The van der Waals surface area contributed by atoms with Gasteiger partial charge in [0.05, 0.1) is 13.2 Å². The van der Waals surface area contributed by atoms with Gasteiger partial charge in [0, 0.05) is 12.8 Å². The third-order valence-electron chi connectivity index (χ3n) is 11.0. The molecule has 2 atom stereocenters. The SMILES string of the molecule is CCCCC/C=C\C/C=C\CCCCCCCCCC(=O)OC(COC(=O)CCCCCCCCCCCCCCCCCCCCCCCC)COP(=O)(O)OCC. The molecule has 0 saturated heterocycles. The number of esters is 2. The zero-order chi connectivity index (χ0) is 43.2. The van der Waals surface area contributed by atoms with Gasteiger partial charge in [-0.2, -0.15) is 0 Å². The smallest absolute Gasteiger partial charge is 0.462 e. The number of allylic oxidation sites excluding steroid dienone is 4. The van der Waals surface area contributed by atoms with Crippen LogP contribution in [0.5, 0.6) is 0 Å². The maximum Gasteiger partial charge on any atom is 0.472 e. The van der Waals surface area contributed by atoms with E-state index in [1.54, 1.807) is 6.92 Å². The van der Waals surface area contributed by atoms with Gasteiger partial charge in [-0.15, -0.1) is 0 Å². The molecule has 0 aromatic carbocycles. The van der Waals surface area contributed by atoms with Crippen LogP contribution in [0.3, 0.4) is 0 Å². The van der Waals surface area contributed by atoms with E-state index >= 15 is 0 Å². The molecule has 2 unspecified atom stereocenters. The fraction of sp³-hybridized carbons (Fsp3) is 0.880. The summed E-state index contributed by atoms with van der Waals surface area (Å²) in [5, 5.41) is 0. The minimum Gasteiger partial charge on any atom is -0.462 e. The van der Waals surface area contributed by atoms with Gasteiger partial charge in [-0.1, -0.05) is 218 Å². The minimum absolute atomic E-state index is 0.000921. The monoisotopic (exact) mass is 855 g/mol. The maximum atomic E-state index is 12.6. The Labute approximate surface area is 364 Å². The van der Waals surface area contributed by atoms with Crippen molar-refractivity contribution in [2.75, 3.05) is 19.8 Å². The molecule has 0 amide bonds. The zero-order valence-electron chi connectivity index (χ0n) is 38.9. The average Bonchev–Trinajstić information content (AvgIpc) is 3.22. The van der Waals surface area contributed by atoms with Crippen molar-refractivity contribution in [3.63, 3.8) is 0 Å². The summed E-state index contributed by atoms with van der Waals surface area (Å²) in [5.74, 6) is -0.793. The lowest BCUT2D eigenvalue weighted by Gasteiger charge is -2.19. The van der Waals surface area contributed by atoms with Crippen molar-refractivity contribution in [2.45, 2.75) is 264 Å². The third-order valence-corrected chi connectivity index (χ3v) is 12.1. The first-order chi connectivity index (χ1) is 28.8. The summed E-state index contributed by atoms with van der Waals surface area (Å²) in [6.45, 7) is 5.49. The van der Waals surface area contributed by atoms with Crippen molar-refractivity contribution in [1.29, 1.82) is 0 Å². The highest BCUT2D eigenvalue weighted by Crippen LogP contribution is 2.43. The van der Waals surface area contributed by atoms with Gasteiger partial charge in [-0.3, -0.25) is 18.6 Å². The molecule has 0 aliphatic heterocycles. The molecule has 0 aromatic rings. The Morgan fingerprint density at radius 1 is 0.458 bits per heavy atom. The van der Waals surface area contributed by atoms with Crippen molar-refractivity contribution in [3.05, 3.63) is 24.3 Å². The standard InChI is InChI=1S/C50H95O8P/c1-4-7-9-11-13-15-17-19-21-23-24-25-26-27-29-30-32-34-36-38-40-42-44-49(51)55-46-48(47-57-59(53,54)56-6-3)58-50(52)45-43-41-39-37-35-33-31-28-22-20-18-16-14-12-10-8-5-2/h14,16,20,22,48H,4-13,15,17-19,21,23-47H2,1-3H3,(H,53,54)/b16-14-,22-20-. The molecular formula is C50H95O8P. The van der Waals surface area contributed by atoms with Crippen molar-refractivity contribution in [3.8, 4) is 0 Å². The van der Waals surface area contributed by atoms with Crippen molar-refractivity contribution in [2.24, 2.45) is 0 Å². The van der Waals surface area contributed by atoms with Crippen LogP contribution in [0.2, 0.25) is 0 Å². The number of unbranched alkanes of at least 4 members (excludes halogenated alkanes) is 31. The molecule has 0 aromatic heterocycles. The molecule has 0 aliphatic carbocycles. The molecule has 0 spiro atoms. The lowest BCUT2D eigenvalue weighted by Crippen LogP contribution is -2.29. The third kappa shape index (κ3) is 45.9. The second-order valence-electron chi connectivity index (χ2n) is 16.8. The van der Waals surface area contributed by atoms with Crippen LogP contribution in [0.15, 0.2) is 24.3 Å². The van der Waals surface area contributed by atoms with Crippen LogP contribution in [0, 0.1) is 0 Å². The highest BCUT2D eigenvalue weighted by Gasteiger charge is 2.25. The molecule has 1 N–H and O–H groups in total. The van der Waals surface area contributed by atoms with Crippen LogP contribution in [0.4, 0.5) is 0 Å². The highest BCUT2D eigenvalue weighted by molar-refractivity contribution is 7.47. The predicted octanol–water partition coefficient (Wildman–Crippen LogP) is 16.2. The number of rotatable bonds is 47. The fourth-order valence-corrected chi connectivity index (χ4v) is 8.06. The Bertz CT molecular complexity index is 1010. The Hall–Kier alpha value is -1.47. The number of carbonyl (C=O) groups is 2. The lowest BCUT2D eigenvalue weighted by molar-refractivity contribution is -0.161. The summed E-state index contributed by atoms with van der Waals surface area (Å²) in [4.78, 5) is 34.9. The van der Waals surface area contributed by atoms with Gasteiger partial charge < -0.3 is 14.4 Å². The van der Waals surface area contributed by atoms with E-state index in [0.29, 0.717) is 12.8 Å². The lowest BCUT2D eigenvalue weighted by atomic mass is 10.0. The van der Waals surface area contributed by atoms with Crippen LogP contribution >= 0.6 is 7.82 Å². The molecular weight excluding hydrogens is 760 g/mol. The Morgan fingerprint density at radius 3 is 1.24 bits per heavy atom. The summed E-state index contributed by atoms with van der Waals surface area (Å²) in [6, 6.07) is 0. The van der Waals surface area contributed by atoms with Gasteiger partial charge in [-0.05, 0) is 51.9 Å². The van der Waals surface area contributed by atoms with E-state index in [2.05, 4.69) is 38.2 Å². The van der Waals surface area contributed by atoms with Gasteiger partial charge in [0.15, 0.2) is 6.10 Å². The first-order valence-corrected chi connectivity index (χ1v) is 26.6. The summed E-state index contributed by atoms with van der Waals surface area (Å²) in [6.07, 6.45) is 52.4. The van der Waals surface area contributed by atoms with Crippen molar-refractivity contribution >= 4 is 19.8 Å². The van der Waals surface area contributed by atoms with Crippen molar-refractivity contribution < 1.29 is 37.6 Å². The molecule has 0 bridgehead atoms. The van der Waals surface area contributed by atoms with Crippen LogP contribution < -0.4 is 0 Å². The van der Waals surface area contributed by atoms with Crippen LogP contribution in [-0.2, 0) is 32.7 Å². The number of hydrogen-bond donors (Lipinski definition) is 1. The second kappa shape index (κ2) is 46.0. The summed E-state index contributed by atoms with van der Waals surface area (Å²) in [7, 11) is -4.28. The molecule has 0 heterocycles. The normalized spacial score (nSPS) is 13.4. The predicted molar refractivity (Wildman–Crippen MR) is 249 cm³/mol. The van der Waals surface area contributed by atoms with Crippen molar-refractivity contribution in [1.82, 2.24) is 0 Å². The molecule has 0 radical (unpaired) electrons. The Morgan fingerprint density at radius 2 is 0.814 bits per heavy atom. The van der Waals surface area contributed by atoms with E-state index < -0.39 is 26.5 Å². The number of phosphoric acid groups is 1. The molecule has 0 aliphatic rings. The second-order valence-corrected chi connectivity index (χ2v) is 18.3. The van der Waals surface area contributed by atoms with Crippen LogP contribution in [0.25, 0.3) is 0 Å². The van der Waals surface area contributed by atoms with E-state index in [-0.39, 0.29) is 25.6 Å². The fourth-order valence-electron chi connectivity index (χ4n) is 7.31. The maximum absolute atomic E-state index is 12.6. The Balaban J connectivity index is 3.95. The molecule has 348 valence electrons. The summed E-state index contributed by atoms with van der Waals surface area (Å²) < 4.78 is 32.8. The van der Waals surface area contributed by atoms with Gasteiger partial charge >= 0.3 is 19.8 Å². The first kappa shape index (κ1) is 57.5. The largest absolute Gasteiger partial charge is 0.472 e. The first-order valence-electron chi connectivity index (χ1n) is 25.1. The molecule has 9 heteroatoms. The van der Waals surface area contributed by atoms with Gasteiger partial charge in [0.1, 0.15) is 6.61 Å². The van der Waals surface area contributed by atoms with E-state index in [0.717, 1.165) is 51.4 Å². The quantitative estimate of drug-likeness (QED) is 0.0279. The van der Waals surface area contributed by atoms with E-state index in [4.69, 9.17) is 18.5 Å². The van der Waals surface area contributed by atoms with E-state index in [9.17, 15) is 19.0 Å². The Kier molecular flexibility index (Phi) is 44.9.